The molecule has 0 radical (unpaired) electrons. The number of rotatable bonds is 6. The first-order valence-corrected chi connectivity index (χ1v) is 8.83. The molecular formula is C18H27Cl2N. The molecule has 1 unspecified atom stereocenters. The maximum Gasteiger partial charge on any atom is 0.0453 e. The van der Waals surface area contributed by atoms with Crippen LogP contribution in [0.1, 0.15) is 51.5 Å². The molecule has 118 valence electrons. The molecule has 1 aromatic carbocycles. The largest absolute Gasteiger partial charge is 0.316 e. The summed E-state index contributed by atoms with van der Waals surface area (Å²) in [5, 5.41) is 5.09. The van der Waals surface area contributed by atoms with Crippen molar-refractivity contribution in [2.45, 2.75) is 58.4 Å². The summed E-state index contributed by atoms with van der Waals surface area (Å²) >= 11 is 12.4. The van der Waals surface area contributed by atoms with Gasteiger partial charge in [-0.3, -0.25) is 0 Å². The molecule has 2 rings (SSSR count). The Labute approximate surface area is 139 Å². The van der Waals surface area contributed by atoms with Gasteiger partial charge in [0.2, 0.25) is 0 Å². The SMILES string of the molecule is CNC(Cc1ccc(Cl)cc1Cl)C1(CC(C)C)CCCC1. The second-order valence-corrected chi connectivity index (χ2v) is 7.79. The van der Waals surface area contributed by atoms with E-state index >= 15 is 0 Å². The van der Waals surface area contributed by atoms with Crippen molar-refractivity contribution in [2.75, 3.05) is 7.05 Å². The fourth-order valence-corrected chi connectivity index (χ4v) is 4.60. The van der Waals surface area contributed by atoms with Crippen molar-refractivity contribution in [3.8, 4) is 0 Å². The van der Waals surface area contributed by atoms with Crippen molar-refractivity contribution in [1.82, 2.24) is 5.32 Å². The minimum absolute atomic E-state index is 0.423. The van der Waals surface area contributed by atoms with Crippen molar-refractivity contribution in [1.29, 1.82) is 0 Å². The lowest BCUT2D eigenvalue weighted by molar-refractivity contribution is 0.160. The smallest absolute Gasteiger partial charge is 0.0453 e. The van der Waals surface area contributed by atoms with E-state index < -0.39 is 0 Å². The van der Waals surface area contributed by atoms with Gasteiger partial charge in [0.05, 0.1) is 0 Å². The molecular weight excluding hydrogens is 301 g/mol. The van der Waals surface area contributed by atoms with Crippen LogP contribution < -0.4 is 5.32 Å². The van der Waals surface area contributed by atoms with Crippen LogP contribution in [0.15, 0.2) is 18.2 Å². The second-order valence-electron chi connectivity index (χ2n) is 6.95. The molecule has 0 saturated heterocycles. The van der Waals surface area contributed by atoms with Gasteiger partial charge in [0.1, 0.15) is 0 Å². The lowest BCUT2D eigenvalue weighted by Gasteiger charge is -2.39. The Hall–Kier alpha value is -0.240. The molecule has 1 aliphatic carbocycles. The van der Waals surface area contributed by atoms with E-state index in [9.17, 15) is 0 Å². The molecule has 0 aliphatic heterocycles. The van der Waals surface area contributed by atoms with Crippen molar-refractivity contribution < 1.29 is 0 Å². The fourth-order valence-electron chi connectivity index (χ4n) is 4.12. The Bertz CT molecular complexity index is 464. The van der Waals surface area contributed by atoms with E-state index in [4.69, 9.17) is 23.2 Å². The highest BCUT2D eigenvalue weighted by molar-refractivity contribution is 6.35. The predicted octanol–water partition coefficient (Wildman–Crippen LogP) is 5.73. The third-order valence-corrected chi connectivity index (χ3v) is 5.53. The van der Waals surface area contributed by atoms with Gasteiger partial charge in [-0.15, -0.1) is 0 Å². The Balaban J connectivity index is 2.20. The quantitative estimate of drug-likeness (QED) is 0.703. The Morgan fingerprint density at radius 3 is 2.38 bits per heavy atom. The number of hydrogen-bond acceptors (Lipinski definition) is 1. The number of likely N-dealkylation sites (N-methyl/N-ethyl adjacent to an activating group) is 1. The molecule has 0 heterocycles. The molecule has 0 bridgehead atoms. The molecule has 1 fully saturated rings. The Morgan fingerprint density at radius 1 is 1.19 bits per heavy atom. The van der Waals surface area contributed by atoms with E-state index in [1.165, 1.54) is 37.7 Å². The summed E-state index contributed by atoms with van der Waals surface area (Å²) in [4.78, 5) is 0. The van der Waals surface area contributed by atoms with Gasteiger partial charge in [0, 0.05) is 16.1 Å². The molecule has 0 amide bonds. The van der Waals surface area contributed by atoms with E-state index in [1.807, 2.05) is 12.1 Å². The number of nitrogens with one attached hydrogen (secondary N) is 1. The average Bonchev–Trinajstić information content (AvgIpc) is 2.86. The minimum atomic E-state index is 0.423. The van der Waals surface area contributed by atoms with Gasteiger partial charge in [-0.05, 0) is 61.8 Å². The van der Waals surface area contributed by atoms with Crippen molar-refractivity contribution >= 4 is 23.2 Å². The summed E-state index contributed by atoms with van der Waals surface area (Å²) in [5.41, 5.74) is 1.63. The normalized spacial score (nSPS) is 19.1. The van der Waals surface area contributed by atoms with Crippen LogP contribution in [-0.2, 0) is 6.42 Å². The minimum Gasteiger partial charge on any atom is -0.316 e. The molecule has 1 nitrogen and oxygen atoms in total. The summed E-state index contributed by atoms with van der Waals surface area (Å²) in [6.07, 6.45) is 7.67. The molecule has 21 heavy (non-hydrogen) atoms. The maximum atomic E-state index is 6.38. The first kappa shape index (κ1) is 17.1. The van der Waals surface area contributed by atoms with Crippen molar-refractivity contribution in [3.05, 3.63) is 33.8 Å². The van der Waals surface area contributed by atoms with Crippen LogP contribution >= 0.6 is 23.2 Å². The summed E-state index contributed by atoms with van der Waals surface area (Å²) in [6.45, 7) is 4.67. The number of hydrogen-bond donors (Lipinski definition) is 1. The zero-order valence-electron chi connectivity index (χ0n) is 13.4. The molecule has 1 atom stereocenters. The van der Waals surface area contributed by atoms with E-state index in [0.717, 1.165) is 17.4 Å². The summed E-state index contributed by atoms with van der Waals surface area (Å²) in [6, 6.07) is 6.36. The summed E-state index contributed by atoms with van der Waals surface area (Å²) < 4.78 is 0. The second kappa shape index (κ2) is 7.35. The van der Waals surface area contributed by atoms with Crippen LogP contribution in [0.5, 0.6) is 0 Å². The fraction of sp³-hybridized carbons (Fsp3) is 0.667. The van der Waals surface area contributed by atoms with Gasteiger partial charge in [0.25, 0.3) is 0 Å². The van der Waals surface area contributed by atoms with Crippen molar-refractivity contribution in [2.24, 2.45) is 11.3 Å². The Morgan fingerprint density at radius 2 is 1.86 bits per heavy atom. The van der Waals surface area contributed by atoms with Crippen LogP contribution in [0.25, 0.3) is 0 Å². The van der Waals surface area contributed by atoms with E-state index in [1.54, 1.807) is 0 Å². The summed E-state index contributed by atoms with van der Waals surface area (Å²) in [7, 11) is 2.09. The number of benzene rings is 1. The number of halogens is 2. The van der Waals surface area contributed by atoms with E-state index in [-0.39, 0.29) is 0 Å². The van der Waals surface area contributed by atoms with Gasteiger partial charge in [-0.1, -0.05) is 56.0 Å². The van der Waals surface area contributed by atoms with E-state index in [2.05, 4.69) is 32.3 Å². The van der Waals surface area contributed by atoms with Gasteiger partial charge in [-0.25, -0.2) is 0 Å². The topological polar surface area (TPSA) is 12.0 Å². The summed E-state index contributed by atoms with van der Waals surface area (Å²) in [5.74, 6) is 0.736. The highest BCUT2D eigenvalue weighted by atomic mass is 35.5. The van der Waals surface area contributed by atoms with Crippen LogP contribution in [0, 0.1) is 11.3 Å². The predicted molar refractivity (Wildman–Crippen MR) is 93.4 cm³/mol. The van der Waals surface area contributed by atoms with Gasteiger partial charge in [-0.2, -0.15) is 0 Å². The lowest BCUT2D eigenvalue weighted by atomic mass is 9.71. The van der Waals surface area contributed by atoms with Crippen LogP contribution in [0.4, 0.5) is 0 Å². The zero-order chi connectivity index (χ0) is 15.5. The molecule has 1 N–H and O–H groups in total. The first-order chi connectivity index (χ1) is 9.97. The van der Waals surface area contributed by atoms with Gasteiger partial charge >= 0.3 is 0 Å². The van der Waals surface area contributed by atoms with Crippen LogP contribution in [0.2, 0.25) is 10.0 Å². The molecule has 0 spiro atoms. The van der Waals surface area contributed by atoms with Gasteiger partial charge < -0.3 is 5.32 Å². The standard InChI is InChI=1S/C18H27Cl2N/c1-13(2)12-18(8-4-5-9-18)17(21-3)10-14-6-7-15(19)11-16(14)20/h6-7,11,13,17,21H,4-5,8-10,12H2,1-3H3. The third-order valence-electron chi connectivity index (χ3n) is 4.94. The Kier molecular flexibility index (Phi) is 5.99. The van der Waals surface area contributed by atoms with Crippen LogP contribution in [-0.4, -0.2) is 13.1 Å². The zero-order valence-corrected chi connectivity index (χ0v) is 14.9. The lowest BCUT2D eigenvalue weighted by Crippen LogP contribution is -2.44. The highest BCUT2D eigenvalue weighted by Crippen LogP contribution is 2.47. The maximum absolute atomic E-state index is 6.38. The first-order valence-electron chi connectivity index (χ1n) is 8.08. The van der Waals surface area contributed by atoms with E-state index in [0.29, 0.717) is 16.5 Å². The molecule has 3 heteroatoms. The monoisotopic (exact) mass is 327 g/mol. The third kappa shape index (κ3) is 4.15. The molecule has 0 aromatic heterocycles. The average molecular weight is 328 g/mol. The molecule has 1 saturated carbocycles. The highest BCUT2D eigenvalue weighted by Gasteiger charge is 2.40. The molecule has 1 aliphatic rings. The molecule has 1 aromatic rings. The van der Waals surface area contributed by atoms with Gasteiger partial charge in [0.15, 0.2) is 0 Å². The van der Waals surface area contributed by atoms with Crippen molar-refractivity contribution in [3.63, 3.8) is 0 Å². The van der Waals surface area contributed by atoms with Crippen LogP contribution in [0.3, 0.4) is 0 Å².